The third-order valence-corrected chi connectivity index (χ3v) is 9.42. The van der Waals surface area contributed by atoms with Gasteiger partial charge >= 0.3 is 5.97 Å². The average molecular weight is 424 g/mol. The molecule has 1 atom stereocenters. The minimum Gasteiger partial charge on any atom is -0.462 e. The highest BCUT2D eigenvalue weighted by molar-refractivity contribution is 8.00. The van der Waals surface area contributed by atoms with Crippen LogP contribution in [-0.4, -0.2) is 27.2 Å². The highest BCUT2D eigenvalue weighted by Gasteiger charge is 2.25. The van der Waals surface area contributed by atoms with E-state index in [9.17, 15) is 13.2 Å². The molecule has 2 aromatic rings. The van der Waals surface area contributed by atoms with Crippen LogP contribution in [0.4, 0.5) is 0 Å². The van der Waals surface area contributed by atoms with Crippen molar-refractivity contribution in [1.82, 2.24) is 0 Å². The Morgan fingerprint density at radius 2 is 2.00 bits per heavy atom. The molecule has 0 N–H and O–H groups in total. The molecule has 1 aliphatic rings. The number of esters is 1. The van der Waals surface area contributed by atoms with E-state index in [0.717, 1.165) is 33.7 Å². The first kappa shape index (κ1) is 20.0. The largest absolute Gasteiger partial charge is 0.462 e. The summed E-state index contributed by atoms with van der Waals surface area (Å²) in [5, 5.41) is 0. The van der Waals surface area contributed by atoms with Gasteiger partial charge in [-0.05, 0) is 61.3 Å². The molecule has 0 bridgehead atoms. The lowest BCUT2D eigenvalue weighted by Gasteiger charge is -2.09. The first-order valence-corrected chi connectivity index (χ1v) is 12.4. The van der Waals surface area contributed by atoms with Gasteiger partial charge in [0.1, 0.15) is 4.88 Å². The molecule has 3 rings (SSSR count). The van der Waals surface area contributed by atoms with Gasteiger partial charge in [0.2, 0.25) is 0 Å². The molecule has 0 saturated carbocycles. The number of carbonyl (C=O) groups excluding carboxylic acids is 1. The van der Waals surface area contributed by atoms with Crippen LogP contribution in [0.25, 0.3) is 6.08 Å². The van der Waals surface area contributed by atoms with Crippen LogP contribution in [0.3, 0.4) is 0 Å². The van der Waals surface area contributed by atoms with Gasteiger partial charge in [-0.15, -0.1) is 15.1 Å². The van der Waals surface area contributed by atoms with Crippen molar-refractivity contribution in [3.05, 3.63) is 51.9 Å². The zero-order chi connectivity index (χ0) is 19.6. The Kier molecular flexibility index (Phi) is 5.98. The lowest BCUT2D eigenvalue weighted by atomic mass is 10.00. The van der Waals surface area contributed by atoms with Gasteiger partial charge in [0, 0.05) is 5.56 Å². The van der Waals surface area contributed by atoms with Crippen molar-refractivity contribution in [2.75, 3.05) is 12.9 Å². The summed E-state index contributed by atoms with van der Waals surface area (Å²) in [6.07, 6.45) is 7.38. The third-order valence-electron chi connectivity index (χ3n) is 4.12. The zero-order valence-electron chi connectivity index (χ0n) is 15.4. The van der Waals surface area contributed by atoms with Crippen LogP contribution in [0.1, 0.15) is 39.7 Å². The maximum absolute atomic E-state index is 12.7. The second kappa shape index (κ2) is 8.08. The number of allylic oxidation sites excluding steroid dienone is 1. The van der Waals surface area contributed by atoms with Gasteiger partial charge in [0.05, 0.1) is 15.7 Å². The first-order chi connectivity index (χ1) is 12.8. The molecule has 144 valence electrons. The van der Waals surface area contributed by atoms with E-state index in [4.69, 9.17) is 4.74 Å². The summed E-state index contributed by atoms with van der Waals surface area (Å²) in [7, 11) is -4.67. The van der Waals surface area contributed by atoms with Gasteiger partial charge in [0.15, 0.2) is 0 Å². The highest BCUT2D eigenvalue weighted by Crippen LogP contribution is 2.37. The minimum atomic E-state index is -3.77. The molecule has 0 unspecified atom stereocenters. The quantitative estimate of drug-likeness (QED) is 0.669. The van der Waals surface area contributed by atoms with Crippen LogP contribution >= 0.6 is 11.3 Å². The normalized spacial score (nSPS) is 14.8. The molecule has 1 aromatic heterocycles. The lowest BCUT2D eigenvalue weighted by Crippen LogP contribution is -2.06. The summed E-state index contributed by atoms with van der Waals surface area (Å²) >= 11 is 1.30. The number of hydrogen-bond donors (Lipinski definition) is 0. The number of carbonyl (C=O) groups is 1. The van der Waals surface area contributed by atoms with Gasteiger partial charge in [-0.2, -0.15) is 8.42 Å². The standard InChI is InChI=1S/C19H21NO4S3/c1-4-24-18(21)17-15-7-5-6-8-16(15)19(25-17)26(3)20-27(22,23)14-11-9-13(2)10-12-14/h6,8-12H,4-5,7H2,1-3H3/t26-/m0/s1. The van der Waals surface area contributed by atoms with Crippen molar-refractivity contribution >= 4 is 44.1 Å². The van der Waals surface area contributed by atoms with Gasteiger partial charge in [0.25, 0.3) is 10.0 Å². The predicted molar refractivity (Wildman–Crippen MR) is 110 cm³/mol. The fourth-order valence-electron chi connectivity index (χ4n) is 2.82. The maximum Gasteiger partial charge on any atom is 0.348 e. The molecular weight excluding hydrogens is 402 g/mol. The number of thiophene rings is 1. The number of nitrogens with zero attached hydrogens (tertiary/aromatic N) is 1. The summed E-state index contributed by atoms with van der Waals surface area (Å²) in [6, 6.07) is 6.65. The first-order valence-electron chi connectivity index (χ1n) is 8.53. The minimum absolute atomic E-state index is 0.180. The van der Waals surface area contributed by atoms with Gasteiger partial charge in [-0.25, -0.2) is 4.79 Å². The molecule has 0 radical (unpaired) electrons. The van der Waals surface area contributed by atoms with Crippen molar-refractivity contribution in [2.24, 2.45) is 3.77 Å². The second-order valence-corrected chi connectivity index (χ2v) is 10.8. The van der Waals surface area contributed by atoms with Gasteiger partial charge < -0.3 is 4.74 Å². The Labute approximate surface area is 166 Å². The maximum atomic E-state index is 12.7. The number of aryl methyl sites for hydroxylation is 1. The van der Waals surface area contributed by atoms with Crippen LogP contribution in [0.2, 0.25) is 0 Å². The van der Waals surface area contributed by atoms with Crippen LogP contribution < -0.4 is 0 Å². The number of ether oxygens (including phenoxy) is 1. The number of fused-ring (bicyclic) bond motifs is 1. The third kappa shape index (κ3) is 4.23. The lowest BCUT2D eigenvalue weighted by molar-refractivity contribution is 0.0531. The van der Waals surface area contributed by atoms with Crippen LogP contribution in [-0.2, 0) is 31.9 Å². The summed E-state index contributed by atoms with van der Waals surface area (Å²) in [5.74, 6) is -0.348. The SMILES string of the molecule is CCOC(=O)c1sc([S@](C)=NS(=O)(=O)c2ccc(C)cc2)c2c1CCC=C2. The van der Waals surface area contributed by atoms with Crippen molar-refractivity contribution in [1.29, 1.82) is 0 Å². The molecule has 27 heavy (non-hydrogen) atoms. The average Bonchev–Trinajstić information content (AvgIpc) is 3.02. The highest BCUT2D eigenvalue weighted by atomic mass is 32.3. The van der Waals surface area contributed by atoms with E-state index in [1.54, 1.807) is 37.4 Å². The number of sulfonamides is 1. The molecule has 0 spiro atoms. The van der Waals surface area contributed by atoms with E-state index in [1.807, 2.05) is 19.1 Å². The van der Waals surface area contributed by atoms with E-state index in [0.29, 0.717) is 11.5 Å². The Morgan fingerprint density at radius 1 is 1.30 bits per heavy atom. The Balaban J connectivity index is 2.05. The number of benzene rings is 1. The smallest absolute Gasteiger partial charge is 0.348 e. The molecule has 0 saturated heterocycles. The number of rotatable bonds is 5. The molecule has 1 heterocycles. The topological polar surface area (TPSA) is 72.8 Å². The van der Waals surface area contributed by atoms with Gasteiger partial charge in [-0.3, -0.25) is 0 Å². The van der Waals surface area contributed by atoms with E-state index in [1.165, 1.54) is 11.3 Å². The number of hydrogen-bond acceptors (Lipinski definition) is 5. The van der Waals surface area contributed by atoms with E-state index >= 15 is 0 Å². The molecular formula is C19H21NO4S3. The summed E-state index contributed by atoms with van der Waals surface area (Å²) in [5.41, 5.74) is 2.85. The Hall–Kier alpha value is -1.77. The zero-order valence-corrected chi connectivity index (χ0v) is 17.8. The summed E-state index contributed by atoms with van der Waals surface area (Å²) in [4.78, 5) is 13.1. The Bertz CT molecular complexity index is 1030. The second-order valence-electron chi connectivity index (χ2n) is 6.11. The van der Waals surface area contributed by atoms with Crippen molar-refractivity contribution in [3.63, 3.8) is 0 Å². The van der Waals surface area contributed by atoms with E-state index in [-0.39, 0.29) is 10.9 Å². The summed E-state index contributed by atoms with van der Waals surface area (Å²) in [6.45, 7) is 3.98. The monoisotopic (exact) mass is 423 g/mol. The molecule has 5 nitrogen and oxygen atoms in total. The fourth-order valence-corrected chi connectivity index (χ4v) is 7.57. The molecule has 0 fully saturated rings. The van der Waals surface area contributed by atoms with Gasteiger partial charge in [-0.1, -0.05) is 29.8 Å². The van der Waals surface area contributed by atoms with Crippen molar-refractivity contribution < 1.29 is 17.9 Å². The van der Waals surface area contributed by atoms with Crippen LogP contribution in [0.15, 0.2) is 43.2 Å². The van der Waals surface area contributed by atoms with Crippen molar-refractivity contribution in [3.8, 4) is 0 Å². The molecule has 8 heteroatoms. The molecule has 0 aliphatic heterocycles. The predicted octanol–water partition coefficient (Wildman–Crippen LogP) is 4.37. The molecule has 1 aromatic carbocycles. The summed E-state index contributed by atoms with van der Waals surface area (Å²) < 4.78 is 35.5. The van der Waals surface area contributed by atoms with Crippen LogP contribution in [0.5, 0.6) is 0 Å². The van der Waals surface area contributed by atoms with E-state index < -0.39 is 20.7 Å². The molecule has 1 aliphatic carbocycles. The van der Waals surface area contributed by atoms with Crippen LogP contribution in [0, 0.1) is 6.92 Å². The van der Waals surface area contributed by atoms with Crippen molar-refractivity contribution in [2.45, 2.75) is 35.8 Å². The Morgan fingerprint density at radius 3 is 2.67 bits per heavy atom. The molecule has 0 amide bonds. The fraction of sp³-hybridized carbons (Fsp3) is 0.316. The van der Waals surface area contributed by atoms with E-state index in [2.05, 4.69) is 3.77 Å².